The summed E-state index contributed by atoms with van der Waals surface area (Å²) in [6, 6.07) is 1.87. The van der Waals surface area contributed by atoms with E-state index in [1.54, 1.807) is 31.0 Å². The zero-order chi connectivity index (χ0) is 13.5. The van der Waals surface area contributed by atoms with Gasteiger partial charge >= 0.3 is 0 Å². The molecule has 5 nitrogen and oxygen atoms in total. The number of nitrogens with zero attached hydrogens (tertiary/aromatic N) is 3. The lowest BCUT2D eigenvalue weighted by Crippen LogP contribution is -2.14. The van der Waals surface area contributed by atoms with Gasteiger partial charge in [-0.2, -0.15) is 0 Å². The summed E-state index contributed by atoms with van der Waals surface area (Å²) in [5.41, 5.74) is 1.85. The molecule has 2 rings (SSSR count). The number of methoxy groups -OCH3 is 1. The molecule has 0 aliphatic rings. The van der Waals surface area contributed by atoms with Gasteiger partial charge in [-0.3, -0.25) is 0 Å². The van der Waals surface area contributed by atoms with Crippen LogP contribution in [-0.4, -0.2) is 28.6 Å². The van der Waals surface area contributed by atoms with E-state index in [-0.39, 0.29) is 0 Å². The molecule has 2 aromatic rings. The molecular formula is C13H18N4OS. The Labute approximate surface area is 117 Å². The first-order valence-corrected chi connectivity index (χ1v) is 7.11. The standard InChI is InChI=1S/C13H18N4OS/c1-3-5-14-7-12-11(8-18-2)17-13(19-12)10-4-6-15-9-16-10/h4,6,9,14H,3,5,7-8H2,1-2H3. The number of hydrogen-bond donors (Lipinski definition) is 1. The number of thiazole rings is 1. The molecule has 102 valence electrons. The zero-order valence-corrected chi connectivity index (χ0v) is 12.0. The fourth-order valence-corrected chi connectivity index (χ4v) is 2.69. The van der Waals surface area contributed by atoms with Gasteiger partial charge in [0, 0.05) is 24.7 Å². The molecule has 0 bridgehead atoms. The highest BCUT2D eigenvalue weighted by Gasteiger charge is 2.12. The Hall–Kier alpha value is -1.37. The summed E-state index contributed by atoms with van der Waals surface area (Å²) in [4.78, 5) is 14.0. The van der Waals surface area contributed by atoms with Gasteiger partial charge in [0.05, 0.1) is 12.3 Å². The maximum atomic E-state index is 5.21. The first-order chi connectivity index (χ1) is 9.35. The Morgan fingerprint density at radius 2 is 2.32 bits per heavy atom. The number of hydrogen-bond acceptors (Lipinski definition) is 6. The third-order valence-electron chi connectivity index (χ3n) is 2.57. The Morgan fingerprint density at radius 3 is 3.00 bits per heavy atom. The minimum atomic E-state index is 0.532. The van der Waals surface area contributed by atoms with Gasteiger partial charge in [-0.05, 0) is 19.0 Å². The van der Waals surface area contributed by atoms with E-state index in [9.17, 15) is 0 Å². The van der Waals surface area contributed by atoms with Crippen molar-refractivity contribution in [3.8, 4) is 10.7 Å². The van der Waals surface area contributed by atoms with Gasteiger partial charge in [0.15, 0.2) is 0 Å². The molecule has 6 heteroatoms. The van der Waals surface area contributed by atoms with Crippen molar-refractivity contribution in [3.05, 3.63) is 29.2 Å². The molecule has 0 aliphatic carbocycles. The maximum absolute atomic E-state index is 5.21. The minimum Gasteiger partial charge on any atom is -0.378 e. The molecule has 0 unspecified atom stereocenters. The molecule has 0 saturated heterocycles. The molecule has 0 spiro atoms. The van der Waals surface area contributed by atoms with Crippen molar-refractivity contribution in [1.82, 2.24) is 20.3 Å². The average Bonchev–Trinajstić information content (AvgIpc) is 2.84. The zero-order valence-electron chi connectivity index (χ0n) is 11.2. The summed E-state index contributed by atoms with van der Waals surface area (Å²) < 4.78 is 5.21. The second-order valence-electron chi connectivity index (χ2n) is 4.09. The molecule has 1 N–H and O–H groups in total. The molecule has 0 fully saturated rings. The van der Waals surface area contributed by atoms with Gasteiger partial charge in [-0.15, -0.1) is 11.3 Å². The summed E-state index contributed by atoms with van der Waals surface area (Å²) in [6.45, 7) is 4.52. The van der Waals surface area contributed by atoms with Crippen LogP contribution in [-0.2, 0) is 17.9 Å². The quantitative estimate of drug-likeness (QED) is 0.787. The maximum Gasteiger partial charge on any atom is 0.142 e. The predicted octanol–water partition coefficient (Wildman–Crippen LogP) is 2.25. The first kappa shape index (κ1) is 14.0. The highest BCUT2D eigenvalue weighted by atomic mass is 32.1. The van der Waals surface area contributed by atoms with Crippen LogP contribution >= 0.6 is 11.3 Å². The fourth-order valence-electron chi connectivity index (χ4n) is 1.68. The minimum absolute atomic E-state index is 0.532. The van der Waals surface area contributed by atoms with E-state index in [1.807, 2.05) is 6.07 Å². The lowest BCUT2D eigenvalue weighted by atomic mass is 10.3. The molecule has 0 saturated carbocycles. The van der Waals surface area contributed by atoms with Crippen molar-refractivity contribution in [2.45, 2.75) is 26.5 Å². The molecule has 0 atom stereocenters. The van der Waals surface area contributed by atoms with E-state index in [2.05, 4.69) is 27.2 Å². The van der Waals surface area contributed by atoms with Crippen molar-refractivity contribution in [3.63, 3.8) is 0 Å². The van der Waals surface area contributed by atoms with Crippen molar-refractivity contribution in [2.75, 3.05) is 13.7 Å². The third-order valence-corrected chi connectivity index (χ3v) is 3.69. The third kappa shape index (κ3) is 3.79. The van der Waals surface area contributed by atoms with Gasteiger partial charge in [0.25, 0.3) is 0 Å². The second-order valence-corrected chi connectivity index (χ2v) is 5.18. The van der Waals surface area contributed by atoms with Gasteiger partial charge < -0.3 is 10.1 Å². The van der Waals surface area contributed by atoms with E-state index in [0.717, 1.165) is 35.9 Å². The molecule has 0 aliphatic heterocycles. The van der Waals surface area contributed by atoms with Crippen LogP contribution in [0.4, 0.5) is 0 Å². The van der Waals surface area contributed by atoms with Crippen LogP contribution in [0.3, 0.4) is 0 Å². The Balaban J connectivity index is 2.19. The summed E-state index contributed by atoms with van der Waals surface area (Å²) in [7, 11) is 1.69. The molecule has 0 aromatic carbocycles. The average molecular weight is 278 g/mol. The molecule has 19 heavy (non-hydrogen) atoms. The summed E-state index contributed by atoms with van der Waals surface area (Å²) >= 11 is 1.66. The van der Waals surface area contributed by atoms with Crippen molar-refractivity contribution >= 4 is 11.3 Å². The molecule has 2 aromatic heterocycles. The number of aromatic nitrogens is 3. The van der Waals surface area contributed by atoms with E-state index in [1.165, 1.54) is 4.88 Å². The normalized spacial score (nSPS) is 10.8. The second kappa shape index (κ2) is 7.28. The SMILES string of the molecule is CCCNCc1sc(-c2ccncn2)nc1COC. The van der Waals surface area contributed by atoms with Crippen LogP contribution < -0.4 is 5.32 Å². The highest BCUT2D eigenvalue weighted by Crippen LogP contribution is 2.26. The van der Waals surface area contributed by atoms with E-state index >= 15 is 0 Å². The van der Waals surface area contributed by atoms with Crippen LogP contribution in [0.5, 0.6) is 0 Å². The van der Waals surface area contributed by atoms with Crippen LogP contribution in [0.2, 0.25) is 0 Å². The topological polar surface area (TPSA) is 59.9 Å². The van der Waals surface area contributed by atoms with Crippen LogP contribution in [0, 0.1) is 0 Å². The Morgan fingerprint density at radius 1 is 1.42 bits per heavy atom. The predicted molar refractivity (Wildman–Crippen MR) is 75.9 cm³/mol. The number of rotatable bonds is 7. The largest absolute Gasteiger partial charge is 0.378 e. The van der Waals surface area contributed by atoms with Crippen LogP contribution in [0.15, 0.2) is 18.6 Å². The fraction of sp³-hybridized carbons (Fsp3) is 0.462. The smallest absolute Gasteiger partial charge is 0.142 e. The highest BCUT2D eigenvalue weighted by molar-refractivity contribution is 7.15. The van der Waals surface area contributed by atoms with Gasteiger partial charge in [-0.1, -0.05) is 6.92 Å². The summed E-state index contributed by atoms with van der Waals surface area (Å²) in [5.74, 6) is 0. The Kier molecular flexibility index (Phi) is 5.38. The summed E-state index contributed by atoms with van der Waals surface area (Å²) in [5, 5.41) is 4.32. The Bertz CT molecular complexity index is 501. The molecular weight excluding hydrogens is 260 g/mol. The van der Waals surface area contributed by atoms with Crippen LogP contribution in [0.1, 0.15) is 23.9 Å². The molecule has 0 amide bonds. The summed E-state index contributed by atoms with van der Waals surface area (Å²) in [6.07, 6.45) is 4.40. The van der Waals surface area contributed by atoms with Crippen molar-refractivity contribution in [2.24, 2.45) is 0 Å². The van der Waals surface area contributed by atoms with Gasteiger partial charge in [0.2, 0.25) is 0 Å². The van der Waals surface area contributed by atoms with Gasteiger partial charge in [-0.25, -0.2) is 15.0 Å². The molecule has 0 radical (unpaired) electrons. The first-order valence-electron chi connectivity index (χ1n) is 6.29. The van der Waals surface area contributed by atoms with E-state index in [4.69, 9.17) is 4.74 Å². The van der Waals surface area contributed by atoms with E-state index < -0.39 is 0 Å². The monoisotopic (exact) mass is 278 g/mol. The number of ether oxygens (including phenoxy) is 1. The van der Waals surface area contributed by atoms with E-state index in [0.29, 0.717) is 6.61 Å². The lowest BCUT2D eigenvalue weighted by molar-refractivity contribution is 0.181. The van der Waals surface area contributed by atoms with Crippen LogP contribution in [0.25, 0.3) is 10.7 Å². The van der Waals surface area contributed by atoms with Crippen molar-refractivity contribution < 1.29 is 4.74 Å². The number of nitrogens with one attached hydrogen (secondary N) is 1. The molecule has 2 heterocycles. The van der Waals surface area contributed by atoms with Gasteiger partial charge in [0.1, 0.15) is 17.0 Å². The van der Waals surface area contributed by atoms with Crippen molar-refractivity contribution in [1.29, 1.82) is 0 Å². The lowest BCUT2D eigenvalue weighted by Gasteiger charge is -2.02.